The average Bonchev–Trinajstić information content (AvgIpc) is 2.72. The van der Waals surface area contributed by atoms with Crippen LogP contribution >= 0.6 is 15.9 Å². The Morgan fingerprint density at radius 1 is 1.14 bits per heavy atom. The third-order valence-corrected chi connectivity index (χ3v) is 5.69. The molecular formula is C22H21BrN4O2. The molecule has 0 unspecified atom stereocenters. The molecule has 6 nitrogen and oxygen atoms in total. The molecule has 1 fully saturated rings. The van der Waals surface area contributed by atoms with Crippen molar-refractivity contribution < 1.29 is 5.11 Å². The number of aromatic nitrogens is 2. The Balaban J connectivity index is 1.59. The summed E-state index contributed by atoms with van der Waals surface area (Å²) in [4.78, 5) is 21.8. The number of phenols is 1. The number of hydrogen-bond acceptors (Lipinski definition) is 5. The summed E-state index contributed by atoms with van der Waals surface area (Å²) < 4.78 is 2.29. The van der Waals surface area contributed by atoms with Crippen LogP contribution in [0, 0.1) is 12.3 Å². The van der Waals surface area contributed by atoms with Gasteiger partial charge in [-0.3, -0.25) is 14.3 Å². The summed E-state index contributed by atoms with van der Waals surface area (Å²) in [6, 6.07) is 12.8. The van der Waals surface area contributed by atoms with Crippen molar-refractivity contribution in [1.29, 1.82) is 0 Å². The first-order valence-electron chi connectivity index (χ1n) is 9.44. The van der Waals surface area contributed by atoms with Gasteiger partial charge in [0.2, 0.25) is 0 Å². The van der Waals surface area contributed by atoms with Crippen molar-refractivity contribution >= 4 is 32.7 Å². The van der Waals surface area contributed by atoms with Crippen LogP contribution in [0.1, 0.15) is 5.56 Å². The van der Waals surface area contributed by atoms with E-state index in [0.29, 0.717) is 12.3 Å². The highest BCUT2D eigenvalue weighted by molar-refractivity contribution is 9.10. The van der Waals surface area contributed by atoms with Gasteiger partial charge in [-0.15, -0.1) is 6.42 Å². The van der Waals surface area contributed by atoms with E-state index in [2.05, 4.69) is 36.6 Å². The van der Waals surface area contributed by atoms with E-state index in [1.54, 1.807) is 16.7 Å². The number of halogens is 1. The number of terminal acetylenes is 1. The van der Waals surface area contributed by atoms with Crippen LogP contribution in [0.2, 0.25) is 0 Å². The number of hydrogen-bond donors (Lipinski definition) is 1. The fourth-order valence-electron chi connectivity index (χ4n) is 3.74. The van der Waals surface area contributed by atoms with E-state index in [1.807, 2.05) is 30.3 Å². The Kier molecular flexibility index (Phi) is 5.56. The Morgan fingerprint density at radius 3 is 2.62 bits per heavy atom. The molecule has 0 spiro atoms. The van der Waals surface area contributed by atoms with Crippen molar-refractivity contribution in [2.24, 2.45) is 0 Å². The van der Waals surface area contributed by atoms with Gasteiger partial charge in [0.1, 0.15) is 15.9 Å². The molecule has 0 saturated carbocycles. The molecule has 2 aromatic heterocycles. The van der Waals surface area contributed by atoms with Crippen LogP contribution in [0.3, 0.4) is 0 Å². The van der Waals surface area contributed by atoms with Gasteiger partial charge in [0.25, 0.3) is 5.56 Å². The van der Waals surface area contributed by atoms with Gasteiger partial charge >= 0.3 is 0 Å². The highest BCUT2D eigenvalue weighted by Gasteiger charge is 2.22. The predicted molar refractivity (Wildman–Crippen MR) is 118 cm³/mol. The normalized spacial score (nSPS) is 14.8. The molecule has 1 aromatic carbocycles. The van der Waals surface area contributed by atoms with Gasteiger partial charge in [0.15, 0.2) is 0 Å². The van der Waals surface area contributed by atoms with E-state index in [4.69, 9.17) is 6.42 Å². The first-order valence-corrected chi connectivity index (χ1v) is 10.2. The largest absolute Gasteiger partial charge is 0.508 e. The number of piperazine rings is 1. The molecule has 0 aliphatic carbocycles. The minimum absolute atomic E-state index is 0.119. The molecule has 1 aliphatic heterocycles. The lowest BCUT2D eigenvalue weighted by Gasteiger charge is -2.36. The van der Waals surface area contributed by atoms with Crippen LogP contribution < -0.4 is 10.5 Å². The van der Waals surface area contributed by atoms with E-state index >= 15 is 0 Å². The Hall–Kier alpha value is -2.82. The quantitative estimate of drug-likeness (QED) is 0.487. The Morgan fingerprint density at radius 2 is 1.90 bits per heavy atom. The van der Waals surface area contributed by atoms with Crippen LogP contribution in [-0.4, -0.2) is 45.7 Å². The topological polar surface area (TPSA) is 61.6 Å². The van der Waals surface area contributed by atoms with Crippen LogP contribution in [0.4, 0.5) is 5.69 Å². The fourth-order valence-corrected chi connectivity index (χ4v) is 4.05. The van der Waals surface area contributed by atoms with E-state index in [0.717, 1.165) is 53.1 Å². The number of fused-ring (bicyclic) bond motifs is 1. The van der Waals surface area contributed by atoms with Crippen molar-refractivity contribution in [2.75, 3.05) is 31.1 Å². The molecule has 0 amide bonds. The van der Waals surface area contributed by atoms with Crippen LogP contribution in [0.15, 0.2) is 51.9 Å². The maximum absolute atomic E-state index is 12.7. The van der Waals surface area contributed by atoms with Gasteiger partial charge in [0, 0.05) is 44.4 Å². The zero-order chi connectivity index (χ0) is 20.4. The molecule has 3 aromatic rings. The van der Waals surface area contributed by atoms with E-state index < -0.39 is 0 Å². The molecule has 0 bridgehead atoms. The maximum Gasteiger partial charge on any atom is 0.254 e. The minimum atomic E-state index is -0.119. The zero-order valence-electron chi connectivity index (χ0n) is 15.9. The van der Waals surface area contributed by atoms with Gasteiger partial charge in [-0.1, -0.05) is 24.1 Å². The molecule has 148 valence electrons. The summed E-state index contributed by atoms with van der Waals surface area (Å²) >= 11 is 3.44. The maximum atomic E-state index is 12.7. The van der Waals surface area contributed by atoms with Gasteiger partial charge in [0.05, 0.1) is 17.7 Å². The van der Waals surface area contributed by atoms with E-state index in [9.17, 15) is 9.90 Å². The van der Waals surface area contributed by atoms with Crippen molar-refractivity contribution in [3.63, 3.8) is 0 Å². The summed E-state index contributed by atoms with van der Waals surface area (Å²) in [7, 11) is 0. The zero-order valence-corrected chi connectivity index (χ0v) is 17.5. The molecule has 1 aliphatic rings. The molecule has 3 heterocycles. The molecular weight excluding hydrogens is 432 g/mol. The van der Waals surface area contributed by atoms with Gasteiger partial charge in [-0.2, -0.15) is 0 Å². The minimum Gasteiger partial charge on any atom is -0.508 e. The van der Waals surface area contributed by atoms with E-state index in [-0.39, 0.29) is 12.1 Å². The summed E-state index contributed by atoms with van der Waals surface area (Å²) in [5, 5.41) is 10.0. The smallest absolute Gasteiger partial charge is 0.254 e. The number of rotatable bonds is 4. The number of para-hydroxylation sites is 1. The molecule has 1 N–H and O–H groups in total. The van der Waals surface area contributed by atoms with Crippen molar-refractivity contribution in [1.82, 2.24) is 14.5 Å². The van der Waals surface area contributed by atoms with Gasteiger partial charge in [-0.05, 0) is 34.1 Å². The standard InChI is InChI=1S/C22H21BrN4O2/c1-2-9-27-17-7-8-20(23)24-22(17)18(14-21(27)29)26-12-10-25(11-13-26)15-16-5-3-4-6-19(16)28/h1,3-8,14,28H,9-13,15H2. The predicted octanol–water partition coefficient (Wildman–Crippen LogP) is 2.82. The van der Waals surface area contributed by atoms with Crippen LogP contribution in [0.25, 0.3) is 11.0 Å². The lowest BCUT2D eigenvalue weighted by atomic mass is 10.1. The third-order valence-electron chi connectivity index (χ3n) is 5.25. The molecule has 1 saturated heterocycles. The number of nitrogens with zero attached hydrogens (tertiary/aromatic N) is 4. The first kappa shape index (κ1) is 19.5. The average molecular weight is 453 g/mol. The summed E-state index contributed by atoms with van der Waals surface area (Å²) in [6.45, 7) is 4.13. The van der Waals surface area contributed by atoms with Crippen LogP contribution in [0.5, 0.6) is 5.75 Å². The molecule has 0 atom stereocenters. The lowest BCUT2D eigenvalue weighted by Crippen LogP contribution is -2.46. The van der Waals surface area contributed by atoms with Crippen LogP contribution in [-0.2, 0) is 13.1 Å². The molecule has 29 heavy (non-hydrogen) atoms. The monoisotopic (exact) mass is 452 g/mol. The summed E-state index contributed by atoms with van der Waals surface area (Å²) in [5.41, 5.74) is 3.15. The highest BCUT2D eigenvalue weighted by atomic mass is 79.9. The number of anilines is 1. The first-order chi connectivity index (χ1) is 14.1. The number of pyridine rings is 2. The van der Waals surface area contributed by atoms with Gasteiger partial charge < -0.3 is 10.0 Å². The Bertz CT molecular complexity index is 1140. The molecule has 7 heteroatoms. The highest BCUT2D eigenvalue weighted by Crippen LogP contribution is 2.27. The lowest BCUT2D eigenvalue weighted by molar-refractivity contribution is 0.247. The number of aromatic hydroxyl groups is 1. The Labute approximate surface area is 177 Å². The molecule has 4 rings (SSSR count). The molecule has 0 radical (unpaired) electrons. The number of phenolic OH excluding ortho intramolecular Hbond substituents is 1. The van der Waals surface area contributed by atoms with Crippen molar-refractivity contribution in [3.05, 3.63) is 63.0 Å². The number of benzene rings is 1. The van der Waals surface area contributed by atoms with Crippen molar-refractivity contribution in [2.45, 2.75) is 13.1 Å². The van der Waals surface area contributed by atoms with E-state index in [1.165, 1.54) is 0 Å². The third kappa shape index (κ3) is 4.00. The summed E-state index contributed by atoms with van der Waals surface area (Å²) in [6.07, 6.45) is 5.45. The van der Waals surface area contributed by atoms with Crippen molar-refractivity contribution in [3.8, 4) is 18.1 Å². The second-order valence-electron chi connectivity index (χ2n) is 7.05. The second-order valence-corrected chi connectivity index (χ2v) is 7.86. The SMILES string of the molecule is C#CCn1c(=O)cc(N2CCN(Cc3ccccc3O)CC2)c2nc(Br)ccc21. The second kappa shape index (κ2) is 8.27. The van der Waals surface area contributed by atoms with Gasteiger partial charge in [-0.25, -0.2) is 4.98 Å². The summed E-state index contributed by atoms with van der Waals surface area (Å²) in [5.74, 6) is 2.87. The fraction of sp³-hybridized carbons (Fsp3) is 0.273.